The molecule has 24 heavy (non-hydrogen) atoms. The molecule has 0 bridgehead atoms. The van der Waals surface area contributed by atoms with Gasteiger partial charge in [-0.05, 0) is 12.1 Å². The largest absolute Gasteiger partial charge is 0.296 e. The number of aromatic nitrogens is 2. The van der Waals surface area contributed by atoms with Crippen LogP contribution in [-0.2, 0) is 18.1 Å². The van der Waals surface area contributed by atoms with Gasteiger partial charge in [-0.25, -0.2) is 4.57 Å². The van der Waals surface area contributed by atoms with Crippen molar-refractivity contribution in [1.29, 1.82) is 0 Å². The molecule has 3 rings (SSSR count). The maximum Gasteiger partial charge on any atom is 0.296 e. The van der Waals surface area contributed by atoms with E-state index >= 15 is 0 Å². The fourth-order valence-electron chi connectivity index (χ4n) is 2.60. The molecule has 1 aromatic carbocycles. The number of thiol groups is 1. The van der Waals surface area contributed by atoms with Crippen LogP contribution in [0.15, 0.2) is 31.3 Å². The highest BCUT2D eigenvalue weighted by Crippen LogP contribution is 2.14. The Kier molecular flexibility index (Phi) is 3.72. The van der Waals surface area contributed by atoms with Gasteiger partial charge in [-0.1, -0.05) is 0 Å². The Morgan fingerprint density at radius 3 is 1.71 bits per heavy atom. The minimum Gasteiger partial charge on any atom is -0.292 e. The van der Waals surface area contributed by atoms with Crippen molar-refractivity contribution < 1.29 is 9.92 Å². The molecule has 0 saturated carbocycles. The summed E-state index contributed by atoms with van der Waals surface area (Å²) in [6.07, 6.45) is 0. The molecule has 0 saturated heterocycles. The molecule has 2 aromatic heterocycles. The van der Waals surface area contributed by atoms with Crippen molar-refractivity contribution in [3.05, 3.63) is 63.7 Å². The number of rotatable bonds is 5. The molecule has 0 atom stereocenters. The second-order valence-electron chi connectivity index (χ2n) is 4.95. The second-order valence-corrected chi connectivity index (χ2v) is 5.40. The second kappa shape index (κ2) is 5.60. The van der Waals surface area contributed by atoms with Gasteiger partial charge >= 0.3 is 0 Å². The first-order chi connectivity index (χ1) is 11.4. The van der Waals surface area contributed by atoms with E-state index in [0.29, 0.717) is 4.57 Å². The van der Waals surface area contributed by atoms with Crippen LogP contribution in [0.1, 0.15) is 0 Å². The fourth-order valence-corrected chi connectivity index (χ4v) is 2.80. The average molecular weight is 351 g/mol. The van der Waals surface area contributed by atoms with Crippen molar-refractivity contribution in [2.75, 3.05) is 5.75 Å². The zero-order valence-electron chi connectivity index (χ0n) is 11.9. The Hall–Kier alpha value is -2.95. The molecule has 0 fully saturated rings. The zero-order chi connectivity index (χ0) is 17.6. The highest BCUT2D eigenvalue weighted by Gasteiger charge is 2.19. The lowest BCUT2D eigenvalue weighted by Gasteiger charge is -1.96. The molecule has 2 heterocycles. The summed E-state index contributed by atoms with van der Waals surface area (Å²) in [5.41, 5.74) is -2.81. The number of nitrogens with zero attached hydrogens (tertiary/aromatic N) is 3. The summed E-state index contributed by atoms with van der Waals surface area (Å²) in [4.78, 5) is 63.1. The number of hydrogen-bond acceptors (Lipinski definition) is 8. The van der Waals surface area contributed by atoms with Gasteiger partial charge in [-0.3, -0.25) is 28.6 Å². The molecule has 0 aliphatic rings. The molecule has 0 spiro atoms. The topological polar surface area (TPSA) is 131 Å². The van der Waals surface area contributed by atoms with Crippen LogP contribution in [0.2, 0.25) is 0 Å². The van der Waals surface area contributed by atoms with E-state index in [2.05, 4.69) is 17.5 Å². The van der Waals surface area contributed by atoms with E-state index in [1.807, 2.05) is 0 Å². The Balaban J connectivity index is 2.33. The third kappa shape index (κ3) is 2.21. The Labute approximate surface area is 136 Å². The molecule has 10 nitrogen and oxygen atoms in total. The van der Waals surface area contributed by atoms with Crippen molar-refractivity contribution in [3.8, 4) is 0 Å². The van der Waals surface area contributed by atoms with E-state index in [0.717, 1.165) is 16.7 Å². The minimum absolute atomic E-state index is 0.0127. The predicted molar refractivity (Wildman–Crippen MR) is 86.8 cm³/mol. The Morgan fingerprint density at radius 2 is 1.33 bits per heavy atom. The summed E-state index contributed by atoms with van der Waals surface area (Å²) in [6.45, 7) is -0.761. The number of hydrogen-bond donors (Lipinski definition) is 1. The van der Waals surface area contributed by atoms with Gasteiger partial charge in [0.25, 0.3) is 27.3 Å². The molecule has 0 aliphatic heterocycles. The monoisotopic (exact) mass is 351 g/mol. The number of benzene rings is 1. The lowest BCUT2D eigenvalue weighted by Crippen LogP contribution is -2.27. The molecule has 124 valence electrons. The minimum atomic E-state index is -1.13. The molecular formula is C13H9N3O7S. The van der Waals surface area contributed by atoms with E-state index in [9.17, 15) is 29.3 Å². The SMILES string of the molecule is O=c1c2cc3c(=O)n(CO[N+](=O)[O-])c(=O)c3cc2c(=O)n1CCS. The average Bonchev–Trinajstić information content (AvgIpc) is 2.91. The van der Waals surface area contributed by atoms with Gasteiger partial charge < -0.3 is 0 Å². The molecule has 0 unspecified atom stereocenters. The van der Waals surface area contributed by atoms with Gasteiger partial charge in [0.05, 0.1) is 21.5 Å². The highest BCUT2D eigenvalue weighted by molar-refractivity contribution is 7.80. The van der Waals surface area contributed by atoms with Crippen molar-refractivity contribution in [2.45, 2.75) is 13.3 Å². The first-order valence-electron chi connectivity index (χ1n) is 6.65. The van der Waals surface area contributed by atoms with Crippen LogP contribution >= 0.6 is 12.6 Å². The Morgan fingerprint density at radius 1 is 0.917 bits per heavy atom. The third-order valence-corrected chi connectivity index (χ3v) is 3.88. The van der Waals surface area contributed by atoms with Crippen LogP contribution in [0.25, 0.3) is 21.5 Å². The zero-order valence-corrected chi connectivity index (χ0v) is 12.8. The first kappa shape index (κ1) is 15.9. The summed E-state index contributed by atoms with van der Waals surface area (Å²) in [5.74, 6) is 0.273. The van der Waals surface area contributed by atoms with Crippen LogP contribution in [0.4, 0.5) is 0 Å². The van der Waals surface area contributed by atoms with Crippen molar-refractivity contribution >= 4 is 34.2 Å². The first-order valence-corrected chi connectivity index (χ1v) is 7.28. The molecule has 3 aromatic rings. The van der Waals surface area contributed by atoms with Crippen LogP contribution < -0.4 is 22.2 Å². The van der Waals surface area contributed by atoms with Crippen LogP contribution in [-0.4, -0.2) is 20.0 Å². The van der Waals surface area contributed by atoms with E-state index in [1.165, 1.54) is 0 Å². The van der Waals surface area contributed by atoms with Gasteiger partial charge in [-0.2, -0.15) is 12.6 Å². The van der Waals surface area contributed by atoms with Gasteiger partial charge in [0.15, 0.2) is 6.73 Å². The van der Waals surface area contributed by atoms with Gasteiger partial charge in [0.2, 0.25) is 0 Å². The van der Waals surface area contributed by atoms with Gasteiger partial charge in [0, 0.05) is 12.3 Å². The predicted octanol–water partition coefficient (Wildman–Crippen LogP) is -0.992. The van der Waals surface area contributed by atoms with E-state index in [-0.39, 0.29) is 33.8 Å². The van der Waals surface area contributed by atoms with Gasteiger partial charge in [0.1, 0.15) is 0 Å². The summed E-state index contributed by atoms with van der Waals surface area (Å²) in [5, 5.41) is 8.92. The van der Waals surface area contributed by atoms with E-state index < -0.39 is 34.1 Å². The fraction of sp³-hybridized carbons (Fsp3) is 0.231. The van der Waals surface area contributed by atoms with E-state index in [1.54, 1.807) is 0 Å². The number of fused-ring (bicyclic) bond motifs is 2. The van der Waals surface area contributed by atoms with Gasteiger partial charge in [-0.15, -0.1) is 10.1 Å². The quantitative estimate of drug-likeness (QED) is 0.355. The normalized spacial score (nSPS) is 11.4. The van der Waals surface area contributed by atoms with E-state index in [4.69, 9.17) is 0 Å². The lowest BCUT2D eigenvalue weighted by atomic mass is 10.1. The smallest absolute Gasteiger partial charge is 0.292 e. The maximum atomic E-state index is 12.2. The Bertz CT molecular complexity index is 1100. The molecule has 0 radical (unpaired) electrons. The summed E-state index contributed by atoms with van der Waals surface area (Å²) in [6, 6.07) is 2.33. The molecule has 0 N–H and O–H groups in total. The maximum absolute atomic E-state index is 12.2. The summed E-state index contributed by atoms with van der Waals surface area (Å²) >= 11 is 3.98. The molecule has 0 aliphatic carbocycles. The summed E-state index contributed by atoms with van der Waals surface area (Å²) in [7, 11) is 0. The van der Waals surface area contributed by atoms with Crippen LogP contribution in [0, 0.1) is 10.1 Å². The van der Waals surface area contributed by atoms with Crippen molar-refractivity contribution in [1.82, 2.24) is 9.13 Å². The standard InChI is InChI=1S/C13H9N3O7S/c17-10-6-3-8-9(4-7(6)11(18)14(10)1-2-24)13(20)15(12(8)19)5-23-16(21)22/h3-4,24H,1-2,5H2. The van der Waals surface area contributed by atoms with Crippen molar-refractivity contribution in [2.24, 2.45) is 0 Å². The van der Waals surface area contributed by atoms with Crippen molar-refractivity contribution in [3.63, 3.8) is 0 Å². The lowest BCUT2D eigenvalue weighted by molar-refractivity contribution is -0.767. The molecular weight excluding hydrogens is 342 g/mol. The third-order valence-electron chi connectivity index (χ3n) is 3.68. The highest BCUT2D eigenvalue weighted by atomic mass is 32.1. The van der Waals surface area contributed by atoms with Crippen LogP contribution in [0.5, 0.6) is 0 Å². The molecule has 11 heteroatoms. The summed E-state index contributed by atoms with van der Waals surface area (Å²) < 4.78 is 1.51. The molecule has 0 amide bonds. The van der Waals surface area contributed by atoms with Crippen LogP contribution in [0.3, 0.4) is 0 Å².